The second-order valence-corrected chi connectivity index (χ2v) is 5.63. The summed E-state index contributed by atoms with van der Waals surface area (Å²) in [5.41, 5.74) is 1.28. The minimum atomic E-state index is -0.586. The van der Waals surface area contributed by atoms with Crippen LogP contribution in [-0.2, 0) is 9.59 Å². The standard InChI is InChI=1S/C19H20N2O4/c1-3-25-15-9-7-13(8-10-15)20-17-12-18(22)21(19(17)23)14-5-4-6-16(11-14)24-2/h4-11,17,20H,3,12H2,1-2H3/t17-/m0/s1. The molecule has 1 N–H and O–H groups in total. The first kappa shape index (κ1) is 16.8. The number of nitrogens with one attached hydrogen (secondary N) is 1. The van der Waals surface area contributed by atoms with Gasteiger partial charge in [-0.3, -0.25) is 9.59 Å². The molecular formula is C19H20N2O4. The molecule has 6 nitrogen and oxygen atoms in total. The lowest BCUT2D eigenvalue weighted by Gasteiger charge is -2.17. The van der Waals surface area contributed by atoms with E-state index in [1.807, 2.05) is 31.2 Å². The molecule has 0 aliphatic carbocycles. The molecule has 0 saturated carbocycles. The topological polar surface area (TPSA) is 67.9 Å². The lowest BCUT2D eigenvalue weighted by atomic mass is 10.2. The number of carbonyl (C=O) groups excluding carboxylic acids is 2. The molecule has 1 saturated heterocycles. The van der Waals surface area contributed by atoms with Crippen molar-refractivity contribution >= 4 is 23.2 Å². The maximum absolute atomic E-state index is 12.7. The highest BCUT2D eigenvalue weighted by Crippen LogP contribution is 2.28. The average Bonchev–Trinajstić information content (AvgIpc) is 2.90. The predicted octanol–water partition coefficient (Wildman–Crippen LogP) is 2.84. The van der Waals surface area contributed by atoms with Gasteiger partial charge in [0.1, 0.15) is 17.5 Å². The Morgan fingerprint density at radius 1 is 1.12 bits per heavy atom. The van der Waals surface area contributed by atoms with Crippen LogP contribution in [0.3, 0.4) is 0 Å². The summed E-state index contributed by atoms with van der Waals surface area (Å²) < 4.78 is 10.6. The van der Waals surface area contributed by atoms with Crippen molar-refractivity contribution in [3.8, 4) is 11.5 Å². The van der Waals surface area contributed by atoms with Gasteiger partial charge in [-0.25, -0.2) is 4.90 Å². The average molecular weight is 340 g/mol. The zero-order chi connectivity index (χ0) is 17.8. The minimum Gasteiger partial charge on any atom is -0.497 e. The summed E-state index contributed by atoms with van der Waals surface area (Å²) in [5, 5.41) is 3.12. The van der Waals surface area contributed by atoms with E-state index in [2.05, 4.69) is 5.32 Å². The quantitative estimate of drug-likeness (QED) is 0.819. The van der Waals surface area contributed by atoms with Gasteiger partial charge in [-0.2, -0.15) is 0 Å². The molecule has 0 unspecified atom stereocenters. The van der Waals surface area contributed by atoms with E-state index in [1.54, 1.807) is 31.4 Å². The zero-order valence-electron chi connectivity index (χ0n) is 14.2. The first-order chi connectivity index (χ1) is 12.1. The molecule has 0 bridgehead atoms. The molecule has 2 amide bonds. The van der Waals surface area contributed by atoms with Crippen molar-refractivity contribution in [3.63, 3.8) is 0 Å². The van der Waals surface area contributed by atoms with Gasteiger partial charge < -0.3 is 14.8 Å². The smallest absolute Gasteiger partial charge is 0.256 e. The van der Waals surface area contributed by atoms with Crippen LogP contribution in [0.25, 0.3) is 0 Å². The number of amides is 2. The molecule has 0 radical (unpaired) electrons. The highest BCUT2D eigenvalue weighted by atomic mass is 16.5. The molecule has 2 aromatic carbocycles. The molecule has 0 aromatic heterocycles. The number of methoxy groups -OCH3 is 1. The molecule has 130 valence electrons. The van der Waals surface area contributed by atoms with Gasteiger partial charge in [0.05, 0.1) is 25.8 Å². The van der Waals surface area contributed by atoms with Gasteiger partial charge in [0.2, 0.25) is 5.91 Å². The molecule has 1 aliphatic heterocycles. The van der Waals surface area contributed by atoms with E-state index in [9.17, 15) is 9.59 Å². The van der Waals surface area contributed by atoms with Gasteiger partial charge in [0, 0.05) is 11.8 Å². The van der Waals surface area contributed by atoms with E-state index in [0.29, 0.717) is 18.0 Å². The van der Waals surface area contributed by atoms with Crippen molar-refractivity contribution in [2.75, 3.05) is 23.9 Å². The molecule has 6 heteroatoms. The number of ether oxygens (including phenoxy) is 2. The minimum absolute atomic E-state index is 0.114. The number of nitrogens with zero attached hydrogens (tertiary/aromatic N) is 1. The largest absolute Gasteiger partial charge is 0.497 e. The molecular weight excluding hydrogens is 320 g/mol. The predicted molar refractivity (Wildman–Crippen MR) is 95.1 cm³/mol. The molecule has 2 aromatic rings. The number of rotatable bonds is 6. The van der Waals surface area contributed by atoms with Gasteiger partial charge in [0.15, 0.2) is 0 Å². The molecule has 25 heavy (non-hydrogen) atoms. The summed E-state index contributed by atoms with van der Waals surface area (Å²) in [6.45, 7) is 2.51. The number of hydrogen-bond donors (Lipinski definition) is 1. The number of carbonyl (C=O) groups is 2. The van der Waals surface area contributed by atoms with Crippen LogP contribution in [0, 0.1) is 0 Å². The van der Waals surface area contributed by atoms with Crippen molar-refractivity contribution < 1.29 is 19.1 Å². The Morgan fingerprint density at radius 2 is 1.88 bits per heavy atom. The number of benzene rings is 2. The molecule has 1 fully saturated rings. The first-order valence-electron chi connectivity index (χ1n) is 8.12. The molecule has 1 aliphatic rings. The van der Waals surface area contributed by atoms with Gasteiger partial charge >= 0.3 is 0 Å². The summed E-state index contributed by atoms with van der Waals surface area (Å²) in [5.74, 6) is 0.856. The summed E-state index contributed by atoms with van der Waals surface area (Å²) in [7, 11) is 1.54. The second kappa shape index (κ2) is 7.25. The molecule has 1 heterocycles. The van der Waals surface area contributed by atoms with Crippen LogP contribution in [0.5, 0.6) is 11.5 Å². The Balaban J connectivity index is 1.74. The second-order valence-electron chi connectivity index (χ2n) is 5.63. The van der Waals surface area contributed by atoms with E-state index < -0.39 is 6.04 Å². The fourth-order valence-corrected chi connectivity index (χ4v) is 2.78. The van der Waals surface area contributed by atoms with Crippen LogP contribution in [-0.4, -0.2) is 31.6 Å². The SMILES string of the molecule is CCOc1ccc(N[C@H]2CC(=O)N(c3cccc(OC)c3)C2=O)cc1. The van der Waals surface area contributed by atoms with Crippen LogP contribution >= 0.6 is 0 Å². The van der Waals surface area contributed by atoms with E-state index in [1.165, 1.54) is 4.90 Å². The van der Waals surface area contributed by atoms with Crippen molar-refractivity contribution in [2.45, 2.75) is 19.4 Å². The molecule has 1 atom stereocenters. The van der Waals surface area contributed by atoms with Gasteiger partial charge in [0.25, 0.3) is 5.91 Å². The summed E-state index contributed by atoms with van der Waals surface area (Å²) in [6, 6.07) is 13.6. The van der Waals surface area contributed by atoms with Crippen molar-refractivity contribution in [1.82, 2.24) is 0 Å². The Kier molecular flexibility index (Phi) is 4.88. The fourth-order valence-electron chi connectivity index (χ4n) is 2.78. The lowest BCUT2D eigenvalue weighted by molar-refractivity contribution is -0.121. The fraction of sp³-hybridized carbons (Fsp3) is 0.263. The lowest BCUT2D eigenvalue weighted by Crippen LogP contribution is -2.34. The Labute approximate surface area is 146 Å². The van der Waals surface area contributed by atoms with Crippen LogP contribution in [0.15, 0.2) is 48.5 Å². The summed E-state index contributed by atoms with van der Waals surface area (Å²) >= 11 is 0. The highest BCUT2D eigenvalue weighted by Gasteiger charge is 2.39. The van der Waals surface area contributed by atoms with Crippen LogP contribution in [0.1, 0.15) is 13.3 Å². The van der Waals surface area contributed by atoms with Gasteiger partial charge in [-0.15, -0.1) is 0 Å². The first-order valence-corrected chi connectivity index (χ1v) is 8.12. The van der Waals surface area contributed by atoms with Crippen LogP contribution in [0.4, 0.5) is 11.4 Å². The monoisotopic (exact) mass is 340 g/mol. The number of hydrogen-bond acceptors (Lipinski definition) is 5. The number of anilines is 2. The van der Waals surface area contributed by atoms with Crippen LogP contribution < -0.4 is 19.7 Å². The maximum Gasteiger partial charge on any atom is 0.256 e. The van der Waals surface area contributed by atoms with E-state index in [0.717, 1.165) is 11.4 Å². The van der Waals surface area contributed by atoms with E-state index in [-0.39, 0.29) is 18.2 Å². The van der Waals surface area contributed by atoms with Crippen molar-refractivity contribution in [3.05, 3.63) is 48.5 Å². The van der Waals surface area contributed by atoms with E-state index in [4.69, 9.17) is 9.47 Å². The maximum atomic E-state index is 12.7. The number of imide groups is 1. The van der Waals surface area contributed by atoms with E-state index >= 15 is 0 Å². The Hall–Kier alpha value is -3.02. The third kappa shape index (κ3) is 3.57. The summed E-state index contributed by atoms with van der Waals surface area (Å²) in [6.07, 6.45) is 0.114. The third-order valence-corrected chi connectivity index (χ3v) is 3.96. The van der Waals surface area contributed by atoms with Crippen molar-refractivity contribution in [1.29, 1.82) is 0 Å². The van der Waals surface area contributed by atoms with Crippen LogP contribution in [0.2, 0.25) is 0 Å². The molecule has 0 spiro atoms. The third-order valence-electron chi connectivity index (χ3n) is 3.96. The Morgan fingerprint density at radius 3 is 2.56 bits per heavy atom. The summed E-state index contributed by atoms with van der Waals surface area (Å²) in [4.78, 5) is 26.2. The zero-order valence-corrected chi connectivity index (χ0v) is 14.2. The van der Waals surface area contributed by atoms with Crippen molar-refractivity contribution in [2.24, 2.45) is 0 Å². The highest BCUT2D eigenvalue weighted by molar-refractivity contribution is 6.23. The van der Waals surface area contributed by atoms with Gasteiger partial charge in [-0.1, -0.05) is 6.07 Å². The van der Waals surface area contributed by atoms with Gasteiger partial charge in [-0.05, 0) is 43.3 Å². The normalized spacial score (nSPS) is 16.9. The molecule has 3 rings (SSSR count). The Bertz CT molecular complexity index is 773.